The molecule has 1 aromatic carbocycles. The number of aryl methyl sites for hydroxylation is 1. The summed E-state index contributed by atoms with van der Waals surface area (Å²) in [7, 11) is 0. The Kier molecular flexibility index (Phi) is 5.92. The second-order valence-electron chi connectivity index (χ2n) is 4.51. The minimum absolute atomic E-state index is 0.0213. The minimum Gasteiger partial charge on any atom is -0.353 e. The Labute approximate surface area is 112 Å². The van der Waals surface area contributed by atoms with Crippen LogP contribution in [0.3, 0.4) is 0 Å². The van der Waals surface area contributed by atoms with E-state index in [1.165, 1.54) is 11.8 Å². The Bertz CT molecular complexity index is 430. The summed E-state index contributed by atoms with van der Waals surface area (Å²) in [6.07, 6.45) is 0. The second kappa shape index (κ2) is 7.21. The average molecular weight is 265 g/mol. The van der Waals surface area contributed by atoms with E-state index in [1.54, 1.807) is 0 Å². The molecule has 0 radical (unpaired) electrons. The van der Waals surface area contributed by atoms with Gasteiger partial charge in [0.1, 0.15) is 0 Å². The highest BCUT2D eigenvalue weighted by Crippen LogP contribution is 2.09. The highest BCUT2D eigenvalue weighted by atomic mass is 32.2. The van der Waals surface area contributed by atoms with Gasteiger partial charge in [-0.1, -0.05) is 23.8 Å². The van der Waals surface area contributed by atoms with Crippen molar-refractivity contribution in [2.45, 2.75) is 26.8 Å². The molecule has 1 amide bonds. The van der Waals surface area contributed by atoms with Crippen molar-refractivity contribution in [1.82, 2.24) is 5.32 Å². The van der Waals surface area contributed by atoms with Crippen LogP contribution in [0.1, 0.15) is 29.8 Å². The zero-order valence-electron chi connectivity index (χ0n) is 11.0. The van der Waals surface area contributed by atoms with E-state index in [4.69, 9.17) is 0 Å². The van der Waals surface area contributed by atoms with Crippen LogP contribution in [-0.2, 0) is 4.79 Å². The van der Waals surface area contributed by atoms with Crippen molar-refractivity contribution in [2.24, 2.45) is 0 Å². The lowest BCUT2D eigenvalue weighted by Crippen LogP contribution is -2.31. The van der Waals surface area contributed by atoms with E-state index in [2.05, 4.69) is 5.32 Å². The number of thioether (sulfide) groups is 1. The van der Waals surface area contributed by atoms with Gasteiger partial charge in [0.05, 0.1) is 11.5 Å². The zero-order valence-corrected chi connectivity index (χ0v) is 11.8. The fraction of sp³-hybridized carbons (Fsp3) is 0.429. The number of rotatable bonds is 6. The number of hydrogen-bond donors (Lipinski definition) is 1. The Morgan fingerprint density at radius 1 is 1.28 bits per heavy atom. The Morgan fingerprint density at radius 2 is 2.00 bits per heavy atom. The molecule has 0 aliphatic heterocycles. The minimum atomic E-state index is -0.0213. The second-order valence-corrected chi connectivity index (χ2v) is 5.49. The van der Waals surface area contributed by atoms with Crippen molar-refractivity contribution < 1.29 is 9.59 Å². The first-order valence-corrected chi connectivity index (χ1v) is 7.11. The van der Waals surface area contributed by atoms with Crippen molar-refractivity contribution >= 4 is 23.5 Å². The average Bonchev–Trinajstić information content (AvgIpc) is 2.27. The van der Waals surface area contributed by atoms with Crippen molar-refractivity contribution in [3.8, 4) is 0 Å². The SMILES string of the molecule is Cc1cccc(C(=O)CSCC(=O)NC(C)C)c1. The van der Waals surface area contributed by atoms with Gasteiger partial charge < -0.3 is 5.32 Å². The molecular formula is C14H19NO2S. The van der Waals surface area contributed by atoms with Gasteiger partial charge in [-0.2, -0.15) is 0 Å². The van der Waals surface area contributed by atoms with Gasteiger partial charge in [0, 0.05) is 11.6 Å². The smallest absolute Gasteiger partial charge is 0.230 e. The summed E-state index contributed by atoms with van der Waals surface area (Å²) in [5, 5.41) is 2.79. The highest BCUT2D eigenvalue weighted by molar-refractivity contribution is 8.00. The monoisotopic (exact) mass is 265 g/mol. The molecule has 0 saturated carbocycles. The molecule has 1 rings (SSSR count). The van der Waals surface area contributed by atoms with Crippen LogP contribution in [0.2, 0.25) is 0 Å². The summed E-state index contributed by atoms with van der Waals surface area (Å²) in [6.45, 7) is 5.79. The summed E-state index contributed by atoms with van der Waals surface area (Å²) in [5.74, 6) is 0.720. The molecule has 0 unspecified atom stereocenters. The first-order valence-electron chi connectivity index (χ1n) is 5.96. The van der Waals surface area contributed by atoms with Crippen LogP contribution in [0.15, 0.2) is 24.3 Å². The molecular weight excluding hydrogens is 246 g/mol. The quantitative estimate of drug-likeness (QED) is 0.804. The maximum Gasteiger partial charge on any atom is 0.230 e. The molecule has 0 bridgehead atoms. The van der Waals surface area contributed by atoms with Crippen molar-refractivity contribution in [3.63, 3.8) is 0 Å². The van der Waals surface area contributed by atoms with E-state index in [0.717, 1.165) is 5.56 Å². The molecule has 3 nitrogen and oxygen atoms in total. The van der Waals surface area contributed by atoms with Crippen molar-refractivity contribution in [2.75, 3.05) is 11.5 Å². The number of Topliss-reactive ketones (excluding diaryl/α,β-unsaturated/α-hetero) is 1. The third-order valence-corrected chi connectivity index (χ3v) is 3.19. The third-order valence-electron chi connectivity index (χ3n) is 2.26. The van der Waals surface area contributed by atoms with Crippen LogP contribution in [0.5, 0.6) is 0 Å². The largest absolute Gasteiger partial charge is 0.353 e. The Hall–Kier alpha value is -1.29. The lowest BCUT2D eigenvalue weighted by atomic mass is 10.1. The number of benzene rings is 1. The van der Waals surface area contributed by atoms with Crippen molar-refractivity contribution in [3.05, 3.63) is 35.4 Å². The summed E-state index contributed by atoms with van der Waals surface area (Å²) in [6, 6.07) is 7.66. The summed E-state index contributed by atoms with van der Waals surface area (Å²) < 4.78 is 0. The van der Waals surface area contributed by atoms with Gasteiger partial charge in [0.15, 0.2) is 5.78 Å². The van der Waals surface area contributed by atoms with Gasteiger partial charge in [-0.05, 0) is 26.8 Å². The molecule has 0 spiro atoms. The fourth-order valence-corrected chi connectivity index (χ4v) is 2.22. The maximum atomic E-state index is 11.8. The number of carbonyl (C=O) groups is 2. The van der Waals surface area contributed by atoms with E-state index >= 15 is 0 Å². The van der Waals surface area contributed by atoms with Gasteiger partial charge >= 0.3 is 0 Å². The third kappa shape index (κ3) is 5.36. The van der Waals surface area contributed by atoms with Crippen LogP contribution >= 0.6 is 11.8 Å². The Balaban J connectivity index is 2.36. The van der Waals surface area contributed by atoms with Gasteiger partial charge in [-0.3, -0.25) is 9.59 Å². The zero-order chi connectivity index (χ0) is 13.5. The predicted octanol–water partition coefficient (Wildman–Crippen LogP) is 2.44. The van der Waals surface area contributed by atoms with Crippen LogP contribution in [0.25, 0.3) is 0 Å². The van der Waals surface area contributed by atoms with E-state index in [9.17, 15) is 9.59 Å². The fourth-order valence-electron chi connectivity index (χ4n) is 1.50. The topological polar surface area (TPSA) is 46.2 Å². The Morgan fingerprint density at radius 3 is 2.61 bits per heavy atom. The number of ketones is 1. The van der Waals surface area contributed by atoms with E-state index < -0.39 is 0 Å². The molecule has 0 aliphatic rings. The number of carbonyl (C=O) groups excluding carboxylic acids is 2. The molecule has 0 aromatic heterocycles. The van der Waals surface area contributed by atoms with Gasteiger partial charge in [0.2, 0.25) is 5.91 Å². The highest BCUT2D eigenvalue weighted by Gasteiger charge is 2.08. The van der Waals surface area contributed by atoms with Gasteiger partial charge in [-0.15, -0.1) is 11.8 Å². The van der Waals surface area contributed by atoms with Gasteiger partial charge in [0.25, 0.3) is 0 Å². The number of hydrogen-bond acceptors (Lipinski definition) is 3. The van der Waals surface area contributed by atoms with E-state index in [0.29, 0.717) is 17.1 Å². The number of amides is 1. The summed E-state index contributed by atoms with van der Waals surface area (Å²) >= 11 is 1.35. The van der Waals surface area contributed by atoms with Gasteiger partial charge in [-0.25, -0.2) is 0 Å². The summed E-state index contributed by atoms with van der Waals surface area (Å²) in [4.78, 5) is 23.2. The molecule has 0 saturated heterocycles. The van der Waals surface area contributed by atoms with E-state index in [1.807, 2.05) is 45.0 Å². The molecule has 1 aromatic rings. The lowest BCUT2D eigenvalue weighted by Gasteiger charge is -2.07. The molecule has 0 heterocycles. The molecule has 18 heavy (non-hydrogen) atoms. The maximum absolute atomic E-state index is 11.8. The predicted molar refractivity (Wildman–Crippen MR) is 76.1 cm³/mol. The van der Waals surface area contributed by atoms with Crippen LogP contribution in [0, 0.1) is 6.92 Å². The molecule has 0 atom stereocenters. The van der Waals surface area contributed by atoms with Crippen molar-refractivity contribution in [1.29, 1.82) is 0 Å². The first kappa shape index (κ1) is 14.8. The van der Waals surface area contributed by atoms with E-state index in [-0.39, 0.29) is 17.7 Å². The molecule has 0 fully saturated rings. The van der Waals surface area contributed by atoms with Crippen LogP contribution in [0.4, 0.5) is 0 Å². The first-order chi connectivity index (χ1) is 8.49. The normalized spacial score (nSPS) is 10.4. The standard InChI is InChI=1S/C14H19NO2S/c1-10(2)15-14(17)9-18-8-13(16)12-6-4-5-11(3)7-12/h4-7,10H,8-9H2,1-3H3,(H,15,17). The lowest BCUT2D eigenvalue weighted by molar-refractivity contribution is -0.119. The molecule has 1 N–H and O–H groups in total. The number of nitrogens with one attached hydrogen (secondary N) is 1. The van der Waals surface area contributed by atoms with Crippen LogP contribution < -0.4 is 5.32 Å². The molecule has 0 aliphatic carbocycles. The summed E-state index contributed by atoms with van der Waals surface area (Å²) in [5.41, 5.74) is 1.79. The molecule has 98 valence electrons. The van der Waals surface area contributed by atoms with Crippen LogP contribution in [-0.4, -0.2) is 29.2 Å². The molecule has 4 heteroatoms.